The molecule has 0 radical (unpaired) electrons. The zero-order valence-corrected chi connectivity index (χ0v) is 11.4. The molecule has 1 aromatic rings. The highest BCUT2D eigenvalue weighted by Gasteiger charge is 2.36. The number of amides is 1. The second-order valence-electron chi connectivity index (χ2n) is 4.74. The SMILES string of the molecule is O=C(NC1CCS(=O)(=O)C1)c1cccc(C(F)(F)F)c1F. The van der Waals surface area contributed by atoms with Crippen molar-refractivity contribution in [2.75, 3.05) is 11.5 Å². The van der Waals surface area contributed by atoms with Crippen LogP contribution in [0.5, 0.6) is 0 Å². The first kappa shape index (κ1) is 15.7. The van der Waals surface area contributed by atoms with Crippen LogP contribution < -0.4 is 5.32 Å². The van der Waals surface area contributed by atoms with Crippen molar-refractivity contribution in [3.8, 4) is 0 Å². The zero-order chi connectivity index (χ0) is 15.8. The van der Waals surface area contributed by atoms with Crippen LogP contribution in [0.2, 0.25) is 0 Å². The van der Waals surface area contributed by atoms with Gasteiger partial charge in [0, 0.05) is 6.04 Å². The molecular weight excluding hydrogens is 314 g/mol. The van der Waals surface area contributed by atoms with Crippen molar-refractivity contribution in [2.24, 2.45) is 0 Å². The standard InChI is InChI=1S/C12H11F4NO3S/c13-10-8(2-1-3-9(10)12(14,15)16)11(18)17-7-4-5-21(19,20)6-7/h1-3,7H,4-6H2,(H,17,18). The number of hydrogen-bond acceptors (Lipinski definition) is 3. The van der Waals surface area contributed by atoms with Gasteiger partial charge in [0.2, 0.25) is 0 Å². The number of rotatable bonds is 2. The van der Waals surface area contributed by atoms with Crippen LogP contribution in [-0.2, 0) is 16.0 Å². The minimum Gasteiger partial charge on any atom is -0.348 e. The van der Waals surface area contributed by atoms with Crippen LogP contribution >= 0.6 is 0 Å². The summed E-state index contributed by atoms with van der Waals surface area (Å²) < 4.78 is 73.9. The Kier molecular flexibility index (Phi) is 3.96. The van der Waals surface area contributed by atoms with Gasteiger partial charge in [-0.25, -0.2) is 12.8 Å². The molecule has 1 amide bonds. The molecule has 1 aliphatic heterocycles. The van der Waals surface area contributed by atoms with E-state index >= 15 is 0 Å². The van der Waals surface area contributed by atoms with Crippen molar-refractivity contribution in [1.29, 1.82) is 0 Å². The minimum absolute atomic E-state index is 0.108. The fourth-order valence-electron chi connectivity index (χ4n) is 2.10. The fraction of sp³-hybridized carbons (Fsp3) is 0.417. The van der Waals surface area contributed by atoms with Gasteiger partial charge < -0.3 is 5.32 Å². The molecule has 1 aliphatic rings. The van der Waals surface area contributed by atoms with Crippen molar-refractivity contribution < 1.29 is 30.8 Å². The smallest absolute Gasteiger partial charge is 0.348 e. The summed E-state index contributed by atoms with van der Waals surface area (Å²) in [6, 6.07) is 1.67. The molecule has 1 N–H and O–H groups in total. The minimum atomic E-state index is -4.91. The lowest BCUT2D eigenvalue weighted by Crippen LogP contribution is -2.36. The Hall–Kier alpha value is -1.64. The predicted octanol–water partition coefficient (Wildman–Crippen LogP) is 1.76. The van der Waals surface area contributed by atoms with E-state index in [2.05, 4.69) is 5.32 Å². The molecule has 1 saturated heterocycles. The lowest BCUT2D eigenvalue weighted by molar-refractivity contribution is -0.140. The lowest BCUT2D eigenvalue weighted by Gasteiger charge is -2.13. The van der Waals surface area contributed by atoms with E-state index in [0.29, 0.717) is 6.07 Å². The van der Waals surface area contributed by atoms with Gasteiger partial charge in [-0.15, -0.1) is 0 Å². The average Bonchev–Trinajstić information content (AvgIpc) is 2.67. The summed E-state index contributed by atoms with van der Waals surface area (Å²) in [6.07, 6.45) is -4.74. The molecule has 1 fully saturated rings. The summed E-state index contributed by atoms with van der Waals surface area (Å²) in [7, 11) is -3.25. The molecule has 0 aromatic heterocycles. The van der Waals surface area contributed by atoms with Crippen LogP contribution in [-0.4, -0.2) is 31.9 Å². The van der Waals surface area contributed by atoms with Gasteiger partial charge in [-0.05, 0) is 18.6 Å². The van der Waals surface area contributed by atoms with Crippen LogP contribution in [0.25, 0.3) is 0 Å². The van der Waals surface area contributed by atoms with Crippen LogP contribution in [0.4, 0.5) is 17.6 Å². The number of alkyl halides is 3. The van der Waals surface area contributed by atoms with Crippen LogP contribution in [0.1, 0.15) is 22.3 Å². The highest BCUT2D eigenvalue weighted by Crippen LogP contribution is 2.32. The van der Waals surface area contributed by atoms with Gasteiger partial charge in [-0.2, -0.15) is 13.2 Å². The molecule has 116 valence electrons. The molecule has 1 aromatic carbocycles. The normalized spacial score (nSPS) is 21.2. The van der Waals surface area contributed by atoms with Crippen LogP contribution in [0.15, 0.2) is 18.2 Å². The van der Waals surface area contributed by atoms with E-state index in [1.54, 1.807) is 0 Å². The fourth-order valence-corrected chi connectivity index (χ4v) is 3.77. The van der Waals surface area contributed by atoms with E-state index in [4.69, 9.17) is 0 Å². The Labute approximate surface area is 118 Å². The van der Waals surface area contributed by atoms with Crippen molar-refractivity contribution in [2.45, 2.75) is 18.6 Å². The summed E-state index contributed by atoms with van der Waals surface area (Å²) in [5.41, 5.74) is -2.29. The van der Waals surface area contributed by atoms with Crippen molar-refractivity contribution in [3.05, 3.63) is 35.1 Å². The van der Waals surface area contributed by atoms with Gasteiger partial charge in [-0.1, -0.05) is 6.07 Å². The number of hydrogen-bond donors (Lipinski definition) is 1. The maximum Gasteiger partial charge on any atom is 0.419 e. The number of benzene rings is 1. The number of sulfone groups is 1. The van der Waals surface area contributed by atoms with Gasteiger partial charge in [0.05, 0.1) is 22.6 Å². The van der Waals surface area contributed by atoms with E-state index in [1.165, 1.54) is 0 Å². The second kappa shape index (κ2) is 5.28. The molecule has 1 unspecified atom stereocenters. The molecule has 0 aliphatic carbocycles. The van der Waals surface area contributed by atoms with Gasteiger partial charge in [0.15, 0.2) is 9.84 Å². The summed E-state index contributed by atoms with van der Waals surface area (Å²) in [5.74, 6) is -3.12. The lowest BCUT2D eigenvalue weighted by atomic mass is 10.1. The maximum atomic E-state index is 13.7. The molecular formula is C12H11F4NO3S. The van der Waals surface area contributed by atoms with E-state index < -0.39 is 44.9 Å². The van der Waals surface area contributed by atoms with E-state index in [1.807, 2.05) is 0 Å². The van der Waals surface area contributed by atoms with E-state index in [-0.39, 0.29) is 17.9 Å². The largest absolute Gasteiger partial charge is 0.419 e. The number of carbonyl (C=O) groups excluding carboxylic acids is 1. The van der Waals surface area contributed by atoms with Crippen molar-refractivity contribution >= 4 is 15.7 Å². The van der Waals surface area contributed by atoms with Gasteiger partial charge in [0.1, 0.15) is 5.82 Å². The molecule has 1 heterocycles. The van der Waals surface area contributed by atoms with Gasteiger partial charge in [0.25, 0.3) is 5.91 Å². The number of nitrogens with one attached hydrogen (secondary N) is 1. The Morgan fingerprint density at radius 1 is 1.29 bits per heavy atom. The first-order chi connectivity index (χ1) is 9.60. The molecule has 21 heavy (non-hydrogen) atoms. The Balaban J connectivity index is 2.21. The van der Waals surface area contributed by atoms with Gasteiger partial charge in [-0.3, -0.25) is 4.79 Å². The molecule has 0 spiro atoms. The first-order valence-corrected chi connectivity index (χ1v) is 7.79. The first-order valence-electron chi connectivity index (χ1n) is 5.97. The Bertz CT molecular complexity index is 670. The quantitative estimate of drug-likeness (QED) is 0.843. The average molecular weight is 325 g/mol. The third kappa shape index (κ3) is 3.52. The topological polar surface area (TPSA) is 63.2 Å². The number of carbonyl (C=O) groups is 1. The molecule has 9 heteroatoms. The Morgan fingerprint density at radius 3 is 2.48 bits per heavy atom. The zero-order valence-electron chi connectivity index (χ0n) is 10.6. The summed E-state index contributed by atoms with van der Waals surface area (Å²) in [5, 5.41) is 2.24. The van der Waals surface area contributed by atoms with E-state index in [0.717, 1.165) is 12.1 Å². The van der Waals surface area contributed by atoms with Crippen molar-refractivity contribution in [1.82, 2.24) is 5.32 Å². The highest BCUT2D eigenvalue weighted by molar-refractivity contribution is 7.91. The molecule has 0 saturated carbocycles. The molecule has 0 bridgehead atoms. The molecule has 2 rings (SSSR count). The van der Waals surface area contributed by atoms with Crippen LogP contribution in [0.3, 0.4) is 0 Å². The third-order valence-corrected chi connectivity index (χ3v) is 4.88. The predicted molar refractivity (Wildman–Crippen MR) is 65.9 cm³/mol. The summed E-state index contributed by atoms with van der Waals surface area (Å²) in [6.45, 7) is 0. The van der Waals surface area contributed by atoms with Crippen molar-refractivity contribution in [3.63, 3.8) is 0 Å². The van der Waals surface area contributed by atoms with E-state index in [9.17, 15) is 30.8 Å². The molecule has 4 nitrogen and oxygen atoms in total. The summed E-state index contributed by atoms with van der Waals surface area (Å²) >= 11 is 0. The Morgan fingerprint density at radius 2 is 1.95 bits per heavy atom. The van der Waals surface area contributed by atoms with Crippen LogP contribution in [0, 0.1) is 5.82 Å². The monoisotopic (exact) mass is 325 g/mol. The van der Waals surface area contributed by atoms with Gasteiger partial charge >= 0.3 is 6.18 Å². The molecule has 1 atom stereocenters. The highest BCUT2D eigenvalue weighted by atomic mass is 32.2. The second-order valence-corrected chi connectivity index (χ2v) is 6.97. The number of halogens is 4. The maximum absolute atomic E-state index is 13.7. The third-order valence-electron chi connectivity index (χ3n) is 3.12. The summed E-state index contributed by atoms with van der Waals surface area (Å²) in [4.78, 5) is 11.8.